The molecule has 0 aliphatic heterocycles. The van der Waals surface area contributed by atoms with Gasteiger partial charge in [-0.15, -0.1) is 0 Å². The lowest BCUT2D eigenvalue weighted by atomic mass is 10.1. The highest BCUT2D eigenvalue weighted by Crippen LogP contribution is 2.32. The molecule has 0 bridgehead atoms. The Balaban J connectivity index is 1.66. The van der Waals surface area contributed by atoms with Gasteiger partial charge in [0.05, 0.1) is 24.9 Å². The molecule has 1 amide bonds. The maximum Gasteiger partial charge on any atom is 0.416 e. The summed E-state index contributed by atoms with van der Waals surface area (Å²) < 4.78 is 57.9. The van der Waals surface area contributed by atoms with Crippen LogP contribution in [0.2, 0.25) is 0 Å². The predicted octanol–water partition coefficient (Wildman–Crippen LogP) is 4.76. The van der Waals surface area contributed by atoms with Crippen LogP contribution in [-0.2, 0) is 30.6 Å². The summed E-state index contributed by atoms with van der Waals surface area (Å²) in [4.78, 5) is 14.3. The van der Waals surface area contributed by atoms with E-state index >= 15 is 0 Å². The lowest BCUT2D eigenvalue weighted by molar-refractivity contribution is -0.138. The number of carbonyl (C=O) groups excluding carboxylic acids is 1. The van der Waals surface area contributed by atoms with Crippen LogP contribution in [0.1, 0.15) is 22.5 Å². The van der Waals surface area contributed by atoms with Gasteiger partial charge in [0.2, 0.25) is 5.91 Å². The normalized spacial score (nSPS) is 11.6. The quantitative estimate of drug-likeness (QED) is 0.535. The number of nitrogens with zero attached hydrogens (tertiary/aromatic N) is 1. The Bertz CT molecular complexity index is 957. The fraction of sp³-hybridized carbons (Fsp3) is 0.227. The number of amides is 1. The van der Waals surface area contributed by atoms with Gasteiger partial charge >= 0.3 is 6.18 Å². The van der Waals surface area contributed by atoms with Crippen LogP contribution in [0, 0.1) is 5.82 Å². The van der Waals surface area contributed by atoms with Crippen LogP contribution in [-0.4, -0.2) is 17.4 Å². The first-order valence-electron chi connectivity index (χ1n) is 9.22. The molecule has 2 aromatic carbocycles. The SMILES string of the molecule is O=C(CN(Cc1ccccc1)Cc1ccco1)NCc1ccc(F)cc1C(F)(F)F. The number of hydrogen-bond donors (Lipinski definition) is 1. The number of nitrogens with one attached hydrogen (secondary N) is 1. The van der Waals surface area contributed by atoms with Gasteiger partial charge in [-0.2, -0.15) is 13.2 Å². The molecule has 158 valence electrons. The topological polar surface area (TPSA) is 45.5 Å². The molecular weight excluding hydrogens is 400 g/mol. The molecule has 30 heavy (non-hydrogen) atoms. The van der Waals surface area contributed by atoms with E-state index in [9.17, 15) is 22.4 Å². The van der Waals surface area contributed by atoms with Crippen LogP contribution < -0.4 is 5.32 Å². The van der Waals surface area contributed by atoms with E-state index in [0.29, 0.717) is 24.9 Å². The lowest BCUT2D eigenvalue weighted by Crippen LogP contribution is -2.36. The number of alkyl halides is 3. The van der Waals surface area contributed by atoms with Gasteiger partial charge in [0.1, 0.15) is 11.6 Å². The number of rotatable bonds is 8. The lowest BCUT2D eigenvalue weighted by Gasteiger charge is -2.21. The van der Waals surface area contributed by atoms with Crippen molar-refractivity contribution in [3.63, 3.8) is 0 Å². The molecule has 0 aliphatic carbocycles. The highest BCUT2D eigenvalue weighted by atomic mass is 19.4. The molecule has 0 saturated heterocycles. The molecule has 3 aromatic rings. The minimum Gasteiger partial charge on any atom is -0.468 e. The van der Waals surface area contributed by atoms with Crippen molar-refractivity contribution in [2.45, 2.75) is 25.8 Å². The molecular formula is C22H20F4N2O2. The summed E-state index contributed by atoms with van der Waals surface area (Å²) in [5, 5.41) is 2.49. The van der Waals surface area contributed by atoms with Gasteiger partial charge in [-0.05, 0) is 35.4 Å². The summed E-state index contributed by atoms with van der Waals surface area (Å²) in [6.07, 6.45) is -3.18. The zero-order chi connectivity index (χ0) is 21.6. The van der Waals surface area contributed by atoms with Crippen LogP contribution in [0.5, 0.6) is 0 Å². The zero-order valence-corrected chi connectivity index (χ0v) is 16.0. The Morgan fingerprint density at radius 2 is 1.77 bits per heavy atom. The predicted molar refractivity (Wildman–Crippen MR) is 103 cm³/mol. The van der Waals surface area contributed by atoms with Crippen LogP contribution in [0.25, 0.3) is 0 Å². The summed E-state index contributed by atoms with van der Waals surface area (Å²) in [7, 11) is 0. The molecule has 0 radical (unpaired) electrons. The number of halogens is 4. The Kier molecular flexibility index (Phi) is 6.89. The zero-order valence-electron chi connectivity index (χ0n) is 16.0. The minimum atomic E-state index is -4.71. The van der Waals surface area contributed by atoms with Crippen molar-refractivity contribution in [2.24, 2.45) is 0 Å². The maximum absolute atomic E-state index is 13.2. The van der Waals surface area contributed by atoms with Gasteiger partial charge in [-0.3, -0.25) is 9.69 Å². The standard InChI is InChI=1S/C22H20F4N2O2/c23-18-9-8-17(20(11-18)22(24,25)26)12-27-21(29)15-28(14-19-7-4-10-30-19)13-16-5-2-1-3-6-16/h1-11H,12-15H2,(H,27,29). The van der Waals surface area contributed by atoms with E-state index < -0.39 is 23.5 Å². The van der Waals surface area contributed by atoms with Crippen LogP contribution in [0.3, 0.4) is 0 Å². The molecule has 1 heterocycles. The van der Waals surface area contributed by atoms with Crippen molar-refractivity contribution >= 4 is 5.91 Å². The summed E-state index contributed by atoms with van der Waals surface area (Å²) in [5.74, 6) is -0.767. The first-order chi connectivity index (χ1) is 14.3. The van der Waals surface area contributed by atoms with E-state index in [4.69, 9.17) is 4.42 Å². The molecule has 4 nitrogen and oxygen atoms in total. The largest absolute Gasteiger partial charge is 0.468 e. The molecule has 0 fully saturated rings. The third-order valence-electron chi connectivity index (χ3n) is 4.43. The second-order valence-corrected chi connectivity index (χ2v) is 6.79. The number of furan rings is 1. The Morgan fingerprint density at radius 1 is 1.00 bits per heavy atom. The first-order valence-corrected chi connectivity index (χ1v) is 9.22. The fourth-order valence-corrected chi connectivity index (χ4v) is 3.05. The maximum atomic E-state index is 13.2. The number of carbonyl (C=O) groups is 1. The van der Waals surface area contributed by atoms with Gasteiger partial charge in [0.25, 0.3) is 0 Å². The Hall–Kier alpha value is -3.13. The molecule has 1 N–H and O–H groups in total. The molecule has 0 atom stereocenters. The molecule has 8 heteroatoms. The van der Waals surface area contributed by atoms with E-state index in [1.165, 1.54) is 6.26 Å². The summed E-state index contributed by atoms with van der Waals surface area (Å²) in [6.45, 7) is 0.422. The molecule has 0 unspecified atom stereocenters. The van der Waals surface area contributed by atoms with Crippen molar-refractivity contribution in [3.05, 3.63) is 95.2 Å². The smallest absolute Gasteiger partial charge is 0.416 e. The van der Waals surface area contributed by atoms with Crippen molar-refractivity contribution < 1.29 is 26.8 Å². The third-order valence-corrected chi connectivity index (χ3v) is 4.43. The van der Waals surface area contributed by atoms with Crippen LogP contribution >= 0.6 is 0 Å². The second-order valence-electron chi connectivity index (χ2n) is 6.79. The highest BCUT2D eigenvalue weighted by molar-refractivity contribution is 5.78. The molecule has 0 saturated carbocycles. The van der Waals surface area contributed by atoms with Crippen LogP contribution in [0.15, 0.2) is 71.3 Å². The Morgan fingerprint density at radius 3 is 2.43 bits per heavy atom. The van der Waals surface area contributed by atoms with Crippen LogP contribution in [0.4, 0.5) is 17.6 Å². The minimum absolute atomic E-state index is 0.0435. The van der Waals surface area contributed by atoms with Gasteiger partial charge in [0.15, 0.2) is 0 Å². The fourth-order valence-electron chi connectivity index (χ4n) is 3.05. The molecule has 0 aliphatic rings. The molecule has 1 aromatic heterocycles. The molecule has 0 spiro atoms. The van der Waals surface area contributed by atoms with Gasteiger partial charge in [-0.1, -0.05) is 36.4 Å². The second kappa shape index (κ2) is 9.58. The van der Waals surface area contributed by atoms with E-state index in [1.54, 1.807) is 12.1 Å². The van der Waals surface area contributed by atoms with Gasteiger partial charge in [0, 0.05) is 13.1 Å². The monoisotopic (exact) mass is 420 g/mol. The summed E-state index contributed by atoms with van der Waals surface area (Å²) in [6, 6.07) is 15.4. The first kappa shape index (κ1) is 21.6. The van der Waals surface area contributed by atoms with E-state index in [0.717, 1.165) is 17.7 Å². The average molecular weight is 420 g/mol. The van der Waals surface area contributed by atoms with E-state index in [2.05, 4.69) is 5.32 Å². The van der Waals surface area contributed by atoms with E-state index in [1.807, 2.05) is 35.2 Å². The molecule has 3 rings (SSSR count). The van der Waals surface area contributed by atoms with E-state index in [-0.39, 0.29) is 18.7 Å². The van der Waals surface area contributed by atoms with Gasteiger partial charge < -0.3 is 9.73 Å². The Labute approximate surface area is 171 Å². The van der Waals surface area contributed by atoms with Crippen molar-refractivity contribution in [1.29, 1.82) is 0 Å². The van der Waals surface area contributed by atoms with Crippen molar-refractivity contribution in [1.82, 2.24) is 10.2 Å². The third kappa shape index (κ3) is 6.18. The summed E-state index contributed by atoms with van der Waals surface area (Å²) >= 11 is 0. The van der Waals surface area contributed by atoms with Crippen molar-refractivity contribution in [2.75, 3.05) is 6.54 Å². The number of benzene rings is 2. The highest BCUT2D eigenvalue weighted by Gasteiger charge is 2.33. The van der Waals surface area contributed by atoms with Crippen molar-refractivity contribution in [3.8, 4) is 0 Å². The average Bonchev–Trinajstić information content (AvgIpc) is 3.20. The number of hydrogen-bond acceptors (Lipinski definition) is 3. The van der Waals surface area contributed by atoms with Gasteiger partial charge in [-0.25, -0.2) is 4.39 Å². The summed E-state index contributed by atoms with van der Waals surface area (Å²) in [5.41, 5.74) is -0.313.